The van der Waals surface area contributed by atoms with Crippen molar-refractivity contribution in [3.8, 4) is 0 Å². The zero-order valence-corrected chi connectivity index (χ0v) is 10.4. The first-order chi connectivity index (χ1) is 8.34. The summed E-state index contributed by atoms with van der Waals surface area (Å²) in [4.78, 5) is 10.8. The van der Waals surface area contributed by atoms with Gasteiger partial charge >= 0.3 is 0 Å². The third kappa shape index (κ3) is 4.38. The van der Waals surface area contributed by atoms with E-state index >= 15 is 0 Å². The summed E-state index contributed by atoms with van der Waals surface area (Å²) in [5.41, 5.74) is 1.06. The molecule has 1 saturated heterocycles. The molecule has 1 fully saturated rings. The average molecular weight is 236 g/mol. The lowest BCUT2D eigenvalue weighted by Crippen LogP contribution is -2.40. The number of nitrogens with zero attached hydrogens (tertiary/aromatic N) is 3. The van der Waals surface area contributed by atoms with Gasteiger partial charge in [-0.2, -0.15) is 0 Å². The van der Waals surface area contributed by atoms with Crippen molar-refractivity contribution in [3.05, 3.63) is 23.8 Å². The summed E-state index contributed by atoms with van der Waals surface area (Å²) in [7, 11) is 0. The molecule has 0 spiro atoms. The van der Waals surface area contributed by atoms with E-state index in [9.17, 15) is 0 Å². The summed E-state index contributed by atoms with van der Waals surface area (Å²) in [6.45, 7) is 8.63. The van der Waals surface area contributed by atoms with Gasteiger partial charge in [0.25, 0.3) is 0 Å². The molecule has 1 N–H and O–H groups in total. The van der Waals surface area contributed by atoms with Crippen LogP contribution in [0.2, 0.25) is 0 Å². The van der Waals surface area contributed by atoms with Gasteiger partial charge in [0.15, 0.2) is 0 Å². The summed E-state index contributed by atoms with van der Waals surface area (Å²) in [5.74, 6) is 0.831. The van der Waals surface area contributed by atoms with Crippen LogP contribution >= 0.6 is 0 Å². The molecule has 0 aliphatic carbocycles. The van der Waals surface area contributed by atoms with Gasteiger partial charge in [-0.3, -0.25) is 4.90 Å². The predicted molar refractivity (Wildman–Crippen MR) is 65.7 cm³/mol. The molecule has 0 unspecified atom stereocenters. The number of aryl methyl sites for hydroxylation is 1. The van der Waals surface area contributed by atoms with Gasteiger partial charge in [0.2, 0.25) is 0 Å². The van der Waals surface area contributed by atoms with Crippen LogP contribution in [-0.4, -0.2) is 54.3 Å². The lowest BCUT2D eigenvalue weighted by Gasteiger charge is -2.26. The first-order valence-electron chi connectivity index (χ1n) is 6.14. The fourth-order valence-electron chi connectivity index (χ4n) is 1.88. The number of aromatic nitrogens is 2. The van der Waals surface area contributed by atoms with Crippen molar-refractivity contribution in [1.82, 2.24) is 20.2 Å². The molecule has 1 aliphatic heterocycles. The van der Waals surface area contributed by atoms with E-state index in [2.05, 4.69) is 20.2 Å². The van der Waals surface area contributed by atoms with Crippen molar-refractivity contribution in [2.45, 2.75) is 13.5 Å². The van der Waals surface area contributed by atoms with Crippen molar-refractivity contribution in [1.29, 1.82) is 0 Å². The molecule has 0 bridgehead atoms. The molecule has 0 aromatic carbocycles. The Bertz CT molecular complexity index is 339. The van der Waals surface area contributed by atoms with Crippen molar-refractivity contribution in [2.24, 2.45) is 0 Å². The smallest absolute Gasteiger partial charge is 0.125 e. The van der Waals surface area contributed by atoms with Crippen LogP contribution in [0.25, 0.3) is 0 Å². The van der Waals surface area contributed by atoms with Gasteiger partial charge in [0.1, 0.15) is 5.82 Å². The highest BCUT2D eigenvalue weighted by atomic mass is 16.5. The zero-order chi connectivity index (χ0) is 11.9. The number of hydrogen-bond acceptors (Lipinski definition) is 5. The molecule has 94 valence electrons. The fourth-order valence-corrected chi connectivity index (χ4v) is 1.88. The second kappa shape index (κ2) is 6.64. The number of rotatable bonds is 5. The van der Waals surface area contributed by atoms with E-state index in [4.69, 9.17) is 4.74 Å². The third-order valence-electron chi connectivity index (χ3n) is 2.85. The van der Waals surface area contributed by atoms with Crippen molar-refractivity contribution < 1.29 is 4.74 Å². The van der Waals surface area contributed by atoms with E-state index in [1.54, 1.807) is 6.20 Å². The van der Waals surface area contributed by atoms with E-state index in [1.165, 1.54) is 0 Å². The van der Waals surface area contributed by atoms with Gasteiger partial charge in [-0.1, -0.05) is 0 Å². The van der Waals surface area contributed by atoms with Crippen LogP contribution in [0, 0.1) is 6.92 Å². The topological polar surface area (TPSA) is 50.3 Å². The van der Waals surface area contributed by atoms with Crippen LogP contribution in [-0.2, 0) is 11.3 Å². The Labute approximate surface area is 102 Å². The molecule has 1 aromatic heterocycles. The van der Waals surface area contributed by atoms with E-state index in [0.717, 1.165) is 57.5 Å². The molecule has 1 aliphatic rings. The van der Waals surface area contributed by atoms with Gasteiger partial charge < -0.3 is 10.1 Å². The van der Waals surface area contributed by atoms with Crippen molar-refractivity contribution in [3.63, 3.8) is 0 Å². The first kappa shape index (κ1) is 12.4. The summed E-state index contributed by atoms with van der Waals surface area (Å²) in [6.07, 6.45) is 1.81. The van der Waals surface area contributed by atoms with Gasteiger partial charge in [0.05, 0.1) is 18.9 Å². The maximum absolute atomic E-state index is 5.31. The Morgan fingerprint density at radius 1 is 1.41 bits per heavy atom. The van der Waals surface area contributed by atoms with Crippen LogP contribution in [0.1, 0.15) is 11.5 Å². The van der Waals surface area contributed by atoms with E-state index in [-0.39, 0.29) is 0 Å². The second-order valence-corrected chi connectivity index (χ2v) is 4.23. The maximum atomic E-state index is 5.31. The Morgan fingerprint density at radius 2 is 2.24 bits per heavy atom. The van der Waals surface area contributed by atoms with Crippen LogP contribution in [0.5, 0.6) is 0 Å². The highest BCUT2D eigenvalue weighted by Gasteiger charge is 2.08. The van der Waals surface area contributed by atoms with Crippen LogP contribution in [0.4, 0.5) is 0 Å². The van der Waals surface area contributed by atoms with Gasteiger partial charge in [-0.25, -0.2) is 9.97 Å². The lowest BCUT2D eigenvalue weighted by molar-refractivity contribution is 0.0384. The number of nitrogens with one attached hydrogen (secondary N) is 1. The summed E-state index contributed by atoms with van der Waals surface area (Å²) >= 11 is 0. The molecule has 2 heterocycles. The molecule has 0 atom stereocenters. The van der Waals surface area contributed by atoms with Crippen LogP contribution < -0.4 is 5.32 Å². The number of hydrogen-bond donors (Lipinski definition) is 1. The third-order valence-corrected chi connectivity index (χ3v) is 2.85. The normalized spacial score (nSPS) is 17.2. The zero-order valence-electron chi connectivity index (χ0n) is 10.4. The molecule has 0 amide bonds. The van der Waals surface area contributed by atoms with Crippen molar-refractivity contribution >= 4 is 0 Å². The monoisotopic (exact) mass is 236 g/mol. The Hall–Kier alpha value is -1.04. The largest absolute Gasteiger partial charge is 0.379 e. The minimum atomic E-state index is 0.813. The predicted octanol–water partition coefficient (Wildman–Crippen LogP) is 0.207. The van der Waals surface area contributed by atoms with E-state index in [0.29, 0.717) is 0 Å². The molecule has 1 aromatic rings. The summed E-state index contributed by atoms with van der Waals surface area (Å²) < 4.78 is 5.31. The molecular weight excluding hydrogens is 216 g/mol. The SMILES string of the molecule is Cc1nccc(CNCCN2CCOCC2)n1. The lowest BCUT2D eigenvalue weighted by atomic mass is 10.3. The molecule has 2 rings (SSSR count). The van der Waals surface area contributed by atoms with Gasteiger partial charge in [0, 0.05) is 38.9 Å². The molecule has 5 heteroatoms. The molecule has 0 saturated carbocycles. The molecular formula is C12H20N4O. The standard InChI is InChI=1S/C12H20N4O/c1-11-14-3-2-12(15-11)10-13-4-5-16-6-8-17-9-7-16/h2-3,13H,4-10H2,1H3. The highest BCUT2D eigenvalue weighted by molar-refractivity contribution is 5.00. The minimum absolute atomic E-state index is 0.813. The molecule has 0 radical (unpaired) electrons. The fraction of sp³-hybridized carbons (Fsp3) is 0.667. The Morgan fingerprint density at radius 3 is 3.00 bits per heavy atom. The number of morpholine rings is 1. The van der Waals surface area contributed by atoms with E-state index in [1.807, 2.05) is 13.0 Å². The summed E-state index contributed by atoms with van der Waals surface area (Å²) in [5, 5.41) is 3.40. The van der Waals surface area contributed by atoms with Gasteiger partial charge in [-0.15, -0.1) is 0 Å². The molecule has 5 nitrogen and oxygen atoms in total. The average Bonchev–Trinajstić information content (AvgIpc) is 2.36. The quantitative estimate of drug-likeness (QED) is 0.741. The minimum Gasteiger partial charge on any atom is -0.379 e. The molecule has 17 heavy (non-hydrogen) atoms. The van der Waals surface area contributed by atoms with E-state index < -0.39 is 0 Å². The maximum Gasteiger partial charge on any atom is 0.125 e. The van der Waals surface area contributed by atoms with Gasteiger partial charge in [-0.05, 0) is 13.0 Å². The first-order valence-corrected chi connectivity index (χ1v) is 6.14. The Kier molecular flexibility index (Phi) is 4.85. The van der Waals surface area contributed by atoms with Crippen LogP contribution in [0.15, 0.2) is 12.3 Å². The highest BCUT2D eigenvalue weighted by Crippen LogP contribution is 1.96. The summed E-state index contributed by atoms with van der Waals surface area (Å²) in [6, 6.07) is 1.95. The van der Waals surface area contributed by atoms with Crippen molar-refractivity contribution in [2.75, 3.05) is 39.4 Å². The second-order valence-electron chi connectivity index (χ2n) is 4.23. The number of ether oxygens (including phenoxy) is 1. The van der Waals surface area contributed by atoms with Crippen LogP contribution in [0.3, 0.4) is 0 Å². The Balaban J connectivity index is 1.62.